The molecular formula is C40H60N10O9. The third kappa shape index (κ3) is 15.3. The summed E-state index contributed by atoms with van der Waals surface area (Å²) in [6.45, 7) is 22.4. The molecule has 4 aromatic heterocycles. The van der Waals surface area contributed by atoms with Crippen LogP contribution in [0, 0.1) is 11.8 Å². The zero-order valence-electron chi connectivity index (χ0n) is 34.6. The summed E-state index contributed by atoms with van der Waals surface area (Å²) in [5, 5.41) is 28.0. The molecule has 0 saturated carbocycles. The van der Waals surface area contributed by atoms with E-state index in [4.69, 9.17) is 29.8 Å². The van der Waals surface area contributed by atoms with Gasteiger partial charge in [0.05, 0.1) is 13.2 Å². The third-order valence-electron chi connectivity index (χ3n) is 7.61. The second-order valence-electron chi connectivity index (χ2n) is 13.1. The molecule has 0 atom stereocenters. The lowest BCUT2D eigenvalue weighted by Gasteiger charge is -2.12. The van der Waals surface area contributed by atoms with Crippen LogP contribution >= 0.6 is 0 Å². The Morgan fingerprint density at radius 3 is 1.32 bits per heavy atom. The normalized spacial score (nSPS) is 10.1. The number of ether oxygens (including phenoxy) is 2. The van der Waals surface area contributed by atoms with Gasteiger partial charge in [0.25, 0.3) is 0 Å². The summed E-state index contributed by atoms with van der Waals surface area (Å²) in [5.41, 5.74) is 11.9. The van der Waals surface area contributed by atoms with E-state index in [-0.39, 0.29) is 50.5 Å². The molecule has 4 heterocycles. The Bertz CT molecular complexity index is 2060. The highest BCUT2D eigenvalue weighted by molar-refractivity contribution is 5.88. The van der Waals surface area contributed by atoms with E-state index in [9.17, 15) is 9.59 Å². The number of fused-ring (bicyclic) bond motifs is 2. The number of aromatic amines is 2. The Morgan fingerprint density at radius 2 is 1.03 bits per heavy atom. The number of nitrogens with one attached hydrogen (secondary N) is 2. The summed E-state index contributed by atoms with van der Waals surface area (Å²) in [6.07, 6.45) is 6.47. The average molecular weight is 825 g/mol. The predicted octanol–water partition coefficient (Wildman–Crippen LogP) is 3.71. The molecule has 0 bridgehead atoms. The van der Waals surface area contributed by atoms with E-state index >= 15 is 0 Å². The number of H-pyrrole nitrogens is 2. The molecule has 0 spiro atoms. The molecule has 0 radical (unpaired) electrons. The van der Waals surface area contributed by atoms with Crippen molar-refractivity contribution in [2.24, 2.45) is 23.3 Å². The Morgan fingerprint density at radius 1 is 0.678 bits per heavy atom. The molecule has 0 aliphatic rings. The first kappa shape index (κ1) is 52.9. The topological polar surface area (TPSA) is 334 Å². The van der Waals surface area contributed by atoms with Crippen LogP contribution in [0.25, 0.3) is 45.1 Å². The molecule has 6 rings (SSSR count). The van der Waals surface area contributed by atoms with Crippen LogP contribution < -0.4 is 31.8 Å². The van der Waals surface area contributed by atoms with E-state index in [0.717, 1.165) is 37.1 Å². The van der Waals surface area contributed by atoms with E-state index in [0.29, 0.717) is 71.3 Å². The van der Waals surface area contributed by atoms with E-state index in [1.54, 1.807) is 12.2 Å². The maximum absolute atomic E-state index is 12.7. The van der Waals surface area contributed by atoms with Crippen molar-refractivity contribution in [1.82, 2.24) is 41.2 Å². The van der Waals surface area contributed by atoms with Gasteiger partial charge in [-0.25, -0.2) is 0 Å². The Balaban J connectivity index is 0.000000963. The summed E-state index contributed by atoms with van der Waals surface area (Å²) in [7, 11) is 0. The number of rotatable bonds is 14. The number of benzene rings is 2. The first-order valence-electron chi connectivity index (χ1n) is 18.6. The highest BCUT2D eigenvalue weighted by Gasteiger charge is 2.18. The van der Waals surface area contributed by atoms with E-state index < -0.39 is 0 Å². The summed E-state index contributed by atoms with van der Waals surface area (Å²) in [5.74, 6) is 3.07. The van der Waals surface area contributed by atoms with E-state index in [1.165, 1.54) is 12.1 Å². The molecule has 0 aliphatic carbocycles. The SMILES string of the molecule is C=CCc1ccc(OCCC(C)C)c2c(=O)cc(-c3nn[nH]n3)oc12.C=CCc1ccc(OCCC(C)C)c2c(=O)cc(-c3nn[nH]n3)oc12.CCN.CCN.O.O.O. The lowest BCUT2D eigenvalue weighted by molar-refractivity contribution is 0.292. The van der Waals surface area contributed by atoms with Crippen molar-refractivity contribution in [3.05, 3.63) is 93.3 Å². The van der Waals surface area contributed by atoms with Crippen molar-refractivity contribution in [1.29, 1.82) is 0 Å². The van der Waals surface area contributed by atoms with Gasteiger partial charge in [0.1, 0.15) is 33.4 Å². The van der Waals surface area contributed by atoms with Gasteiger partial charge >= 0.3 is 0 Å². The number of hydrogen-bond acceptors (Lipinski definition) is 14. The van der Waals surface area contributed by atoms with Crippen molar-refractivity contribution in [2.45, 2.75) is 67.2 Å². The van der Waals surface area contributed by atoms with E-state index in [1.807, 2.05) is 38.1 Å². The zero-order chi connectivity index (χ0) is 41.0. The Kier molecular flexibility index (Phi) is 24.7. The summed E-state index contributed by atoms with van der Waals surface area (Å²) in [6, 6.07) is 10.1. The molecule has 0 saturated heterocycles. The Labute approximate surface area is 342 Å². The number of allylic oxidation sites excluding steroid dienone is 2. The average Bonchev–Trinajstić information content (AvgIpc) is 3.90. The van der Waals surface area contributed by atoms with Gasteiger partial charge in [-0.15, -0.1) is 33.6 Å². The van der Waals surface area contributed by atoms with Crippen molar-refractivity contribution < 1.29 is 34.7 Å². The van der Waals surface area contributed by atoms with Crippen LogP contribution in [0.4, 0.5) is 0 Å². The van der Waals surface area contributed by atoms with E-state index in [2.05, 4.69) is 82.1 Å². The second kappa shape index (κ2) is 27.5. The third-order valence-corrected chi connectivity index (χ3v) is 7.61. The highest BCUT2D eigenvalue weighted by atomic mass is 16.5. The van der Waals surface area contributed by atoms with Gasteiger partial charge in [0.15, 0.2) is 22.4 Å². The van der Waals surface area contributed by atoms with Crippen LogP contribution in [0.2, 0.25) is 0 Å². The first-order valence-corrected chi connectivity index (χ1v) is 18.6. The van der Waals surface area contributed by atoms with Crippen LogP contribution in [-0.2, 0) is 12.8 Å². The molecule has 59 heavy (non-hydrogen) atoms. The monoisotopic (exact) mass is 824 g/mol. The molecule has 0 amide bonds. The summed E-state index contributed by atoms with van der Waals surface area (Å²) >= 11 is 0. The molecule has 0 fully saturated rings. The van der Waals surface area contributed by atoms with Gasteiger partial charge in [-0.1, -0.05) is 65.8 Å². The lowest BCUT2D eigenvalue weighted by Crippen LogP contribution is -2.08. The minimum Gasteiger partial charge on any atom is -0.493 e. The van der Waals surface area contributed by atoms with Crippen LogP contribution in [-0.4, -0.2) is 84.0 Å². The van der Waals surface area contributed by atoms with Crippen LogP contribution in [0.3, 0.4) is 0 Å². The molecule has 0 unspecified atom stereocenters. The standard InChI is InChI=1S/2C18H20N4O3.2C2H7N.3H2O/c2*1-4-5-12-6-7-14(24-9-8-11(2)3)16-13(23)10-15(25-17(12)16)18-19-21-22-20-18;2*1-2-3;;;/h2*4,6-7,10-11H,1,5,8-9H2,2-3H3,(H,19,20,21,22);2*2-3H2,1H3;3*1H2. The van der Waals surface area contributed by atoms with Gasteiger partial charge in [-0.3, -0.25) is 9.59 Å². The minimum absolute atomic E-state index is 0. The number of hydrogen-bond donors (Lipinski definition) is 4. The molecular weight excluding hydrogens is 765 g/mol. The van der Waals surface area contributed by atoms with Crippen LogP contribution in [0.1, 0.15) is 65.5 Å². The molecule has 6 aromatic rings. The molecule has 0 aliphatic heterocycles. The number of nitrogens with zero attached hydrogens (tertiary/aromatic N) is 6. The fourth-order valence-corrected chi connectivity index (χ4v) is 5.01. The molecule has 19 nitrogen and oxygen atoms in total. The van der Waals surface area contributed by atoms with Crippen LogP contribution in [0.15, 0.2) is 80.1 Å². The van der Waals surface area contributed by atoms with Gasteiger partial charge in [0, 0.05) is 12.1 Å². The summed E-state index contributed by atoms with van der Waals surface area (Å²) in [4.78, 5) is 25.4. The van der Waals surface area contributed by atoms with Crippen molar-refractivity contribution in [3.63, 3.8) is 0 Å². The van der Waals surface area contributed by atoms with Gasteiger partial charge in [-0.2, -0.15) is 10.4 Å². The smallest absolute Gasteiger partial charge is 0.239 e. The maximum Gasteiger partial charge on any atom is 0.239 e. The van der Waals surface area contributed by atoms with Crippen molar-refractivity contribution in [3.8, 4) is 34.7 Å². The number of tetrazole rings is 2. The van der Waals surface area contributed by atoms with Crippen LogP contribution in [0.5, 0.6) is 11.5 Å². The molecule has 2 aromatic carbocycles. The quantitative estimate of drug-likeness (QED) is 0.114. The van der Waals surface area contributed by atoms with Gasteiger partial charge < -0.3 is 46.2 Å². The first-order chi connectivity index (χ1) is 27.0. The minimum atomic E-state index is -0.202. The number of nitrogens with two attached hydrogens (primary N) is 2. The Hall–Kier alpha value is -6.12. The van der Waals surface area contributed by atoms with Crippen molar-refractivity contribution in [2.75, 3.05) is 26.3 Å². The van der Waals surface area contributed by atoms with Gasteiger partial charge in [0.2, 0.25) is 11.6 Å². The fraction of sp³-hybridized carbons (Fsp3) is 0.400. The summed E-state index contributed by atoms with van der Waals surface area (Å²) < 4.78 is 23.5. The maximum atomic E-state index is 12.7. The largest absolute Gasteiger partial charge is 0.493 e. The second-order valence-corrected chi connectivity index (χ2v) is 13.1. The molecule has 12 N–H and O–H groups in total. The molecule has 19 heteroatoms. The van der Waals surface area contributed by atoms with Crippen molar-refractivity contribution >= 4 is 21.9 Å². The number of aromatic nitrogens is 8. The fourth-order valence-electron chi connectivity index (χ4n) is 5.01. The zero-order valence-corrected chi connectivity index (χ0v) is 34.6. The molecule has 324 valence electrons. The predicted molar refractivity (Wildman–Crippen MR) is 229 cm³/mol. The van der Waals surface area contributed by atoms with Gasteiger partial charge in [-0.05, 0) is 84.3 Å². The highest BCUT2D eigenvalue weighted by Crippen LogP contribution is 2.31. The lowest BCUT2D eigenvalue weighted by atomic mass is 10.1.